The van der Waals surface area contributed by atoms with Crippen molar-refractivity contribution < 1.29 is 0 Å². The second-order valence-corrected chi connectivity index (χ2v) is 7.54. The highest BCUT2D eigenvalue weighted by atomic mass is 15.3. The Balaban J connectivity index is 1.86. The van der Waals surface area contributed by atoms with Crippen LogP contribution in [-0.4, -0.2) is 29.1 Å². The van der Waals surface area contributed by atoms with Crippen molar-refractivity contribution in [2.24, 2.45) is 5.92 Å². The van der Waals surface area contributed by atoms with Gasteiger partial charge >= 0.3 is 0 Å². The molecule has 0 radical (unpaired) electrons. The topological polar surface area (TPSA) is 32.3 Å². The van der Waals surface area contributed by atoms with E-state index in [-0.39, 0.29) is 0 Å². The Hall–Kier alpha value is -2.10. The summed E-state index contributed by atoms with van der Waals surface area (Å²) in [6.45, 7) is 11.8. The molecule has 0 spiro atoms. The number of hydrogen-bond donors (Lipinski definition) is 0. The third-order valence-corrected chi connectivity index (χ3v) is 5.01. The van der Waals surface area contributed by atoms with E-state index in [2.05, 4.69) is 73.9 Å². The van der Waals surface area contributed by atoms with Crippen molar-refractivity contribution in [3.05, 3.63) is 47.7 Å². The van der Waals surface area contributed by atoms with E-state index in [1.807, 2.05) is 0 Å². The Bertz CT molecular complexity index is 676. The number of nitrogens with zero attached hydrogens (tertiary/aromatic N) is 4. The van der Waals surface area contributed by atoms with E-state index >= 15 is 0 Å². The van der Waals surface area contributed by atoms with Gasteiger partial charge in [-0.2, -0.15) is 4.98 Å². The molecule has 2 aromatic rings. The summed E-state index contributed by atoms with van der Waals surface area (Å²) in [6.07, 6.45) is 2.49. The van der Waals surface area contributed by atoms with Crippen molar-refractivity contribution in [2.75, 3.05) is 22.9 Å². The number of benzene rings is 1. The van der Waals surface area contributed by atoms with Crippen LogP contribution in [0.5, 0.6) is 0 Å². The number of aryl methyl sites for hydroxylation is 1. The van der Waals surface area contributed by atoms with Gasteiger partial charge in [-0.05, 0) is 45.1 Å². The van der Waals surface area contributed by atoms with E-state index in [0.717, 1.165) is 43.0 Å². The number of aromatic nitrogens is 2. The number of anilines is 2. The van der Waals surface area contributed by atoms with E-state index in [4.69, 9.17) is 9.97 Å². The molecule has 134 valence electrons. The smallest absolute Gasteiger partial charge is 0.228 e. The molecule has 25 heavy (non-hydrogen) atoms. The number of hydrogen-bond acceptors (Lipinski definition) is 4. The lowest BCUT2D eigenvalue weighted by Crippen LogP contribution is -2.35. The lowest BCUT2D eigenvalue weighted by molar-refractivity contribution is 0.436. The normalized spacial score (nSPS) is 15.6. The predicted octanol–water partition coefficient (Wildman–Crippen LogP) is 4.44. The molecule has 1 aliphatic heterocycles. The van der Waals surface area contributed by atoms with Gasteiger partial charge in [-0.3, -0.25) is 0 Å². The van der Waals surface area contributed by atoms with Crippen LogP contribution in [0.2, 0.25) is 0 Å². The van der Waals surface area contributed by atoms with Crippen LogP contribution in [0.3, 0.4) is 0 Å². The molecule has 0 unspecified atom stereocenters. The summed E-state index contributed by atoms with van der Waals surface area (Å²) in [7, 11) is 0. The molecule has 0 N–H and O–H groups in total. The minimum atomic E-state index is 0.344. The van der Waals surface area contributed by atoms with Crippen molar-refractivity contribution in [1.82, 2.24) is 9.97 Å². The first-order chi connectivity index (χ1) is 12.0. The van der Waals surface area contributed by atoms with E-state index in [1.165, 1.54) is 18.4 Å². The zero-order valence-corrected chi connectivity index (χ0v) is 15.9. The largest absolute Gasteiger partial charge is 0.356 e. The van der Waals surface area contributed by atoms with Crippen molar-refractivity contribution in [3.63, 3.8) is 0 Å². The third-order valence-electron chi connectivity index (χ3n) is 5.01. The third kappa shape index (κ3) is 4.50. The lowest BCUT2D eigenvalue weighted by atomic mass is 9.99. The maximum Gasteiger partial charge on any atom is 0.228 e. The Morgan fingerprint density at radius 3 is 2.44 bits per heavy atom. The van der Waals surface area contributed by atoms with Gasteiger partial charge in [-0.15, -0.1) is 0 Å². The highest BCUT2D eigenvalue weighted by Gasteiger charge is 2.20. The quantitative estimate of drug-likeness (QED) is 0.807. The van der Waals surface area contributed by atoms with Gasteiger partial charge in [0.05, 0.1) is 0 Å². The van der Waals surface area contributed by atoms with Crippen LogP contribution in [0.1, 0.15) is 44.9 Å². The molecule has 4 heteroatoms. The molecule has 0 aliphatic carbocycles. The van der Waals surface area contributed by atoms with Gasteiger partial charge in [-0.1, -0.05) is 37.3 Å². The minimum Gasteiger partial charge on any atom is -0.356 e. The van der Waals surface area contributed by atoms with Crippen LogP contribution in [0.4, 0.5) is 11.8 Å². The highest BCUT2D eigenvalue weighted by molar-refractivity contribution is 5.47. The number of piperidine rings is 1. The molecule has 2 heterocycles. The monoisotopic (exact) mass is 338 g/mol. The summed E-state index contributed by atoms with van der Waals surface area (Å²) in [6, 6.07) is 13.0. The molecule has 0 saturated carbocycles. The van der Waals surface area contributed by atoms with Gasteiger partial charge in [0.2, 0.25) is 5.95 Å². The van der Waals surface area contributed by atoms with Gasteiger partial charge in [-0.25, -0.2) is 4.98 Å². The summed E-state index contributed by atoms with van der Waals surface area (Å²) >= 11 is 0. The van der Waals surface area contributed by atoms with Crippen LogP contribution in [0.25, 0.3) is 0 Å². The number of rotatable bonds is 5. The molecular formula is C21H30N4. The molecule has 3 rings (SSSR count). The maximum absolute atomic E-state index is 4.94. The Morgan fingerprint density at radius 1 is 1.12 bits per heavy atom. The van der Waals surface area contributed by atoms with E-state index in [1.54, 1.807) is 0 Å². The van der Waals surface area contributed by atoms with Gasteiger partial charge in [0.15, 0.2) is 0 Å². The summed E-state index contributed by atoms with van der Waals surface area (Å²) in [5.41, 5.74) is 2.33. The molecule has 0 bridgehead atoms. The first-order valence-corrected chi connectivity index (χ1v) is 9.44. The average Bonchev–Trinajstić information content (AvgIpc) is 2.60. The van der Waals surface area contributed by atoms with Crippen molar-refractivity contribution in [2.45, 2.75) is 53.1 Å². The van der Waals surface area contributed by atoms with Crippen molar-refractivity contribution in [3.8, 4) is 0 Å². The molecule has 0 atom stereocenters. The molecule has 0 amide bonds. The molecule has 1 saturated heterocycles. The van der Waals surface area contributed by atoms with Crippen LogP contribution >= 0.6 is 0 Å². The van der Waals surface area contributed by atoms with Crippen LogP contribution in [0, 0.1) is 12.8 Å². The van der Waals surface area contributed by atoms with Crippen LogP contribution in [0.15, 0.2) is 36.4 Å². The van der Waals surface area contributed by atoms with Crippen LogP contribution < -0.4 is 9.80 Å². The zero-order chi connectivity index (χ0) is 17.8. The summed E-state index contributed by atoms with van der Waals surface area (Å²) in [5, 5.41) is 0. The summed E-state index contributed by atoms with van der Waals surface area (Å²) in [4.78, 5) is 14.4. The van der Waals surface area contributed by atoms with E-state index in [0.29, 0.717) is 6.04 Å². The average molecular weight is 338 g/mol. The molecule has 1 fully saturated rings. The molecule has 4 nitrogen and oxygen atoms in total. The van der Waals surface area contributed by atoms with Gasteiger partial charge < -0.3 is 9.80 Å². The Labute approximate surface area is 151 Å². The fraction of sp³-hybridized carbons (Fsp3) is 0.524. The minimum absolute atomic E-state index is 0.344. The first-order valence-electron chi connectivity index (χ1n) is 9.44. The SMILES string of the molecule is Cc1cc(N2CCC(C)CC2)nc(N(Cc2ccccc2)C(C)C)n1. The van der Waals surface area contributed by atoms with Gasteiger partial charge in [0.25, 0.3) is 0 Å². The van der Waals surface area contributed by atoms with Crippen molar-refractivity contribution >= 4 is 11.8 Å². The molecule has 1 aromatic heterocycles. The Morgan fingerprint density at radius 2 is 1.80 bits per heavy atom. The fourth-order valence-electron chi connectivity index (χ4n) is 3.33. The Kier molecular flexibility index (Phi) is 5.57. The molecular weight excluding hydrogens is 308 g/mol. The maximum atomic E-state index is 4.94. The van der Waals surface area contributed by atoms with E-state index < -0.39 is 0 Å². The standard InChI is InChI=1S/C21H30N4/c1-16(2)25(15-19-8-6-5-7-9-19)21-22-18(4)14-20(23-21)24-12-10-17(3)11-13-24/h5-9,14,16-17H,10-13,15H2,1-4H3. The first kappa shape index (κ1) is 17.7. The zero-order valence-electron chi connectivity index (χ0n) is 15.9. The second-order valence-electron chi connectivity index (χ2n) is 7.54. The molecule has 1 aromatic carbocycles. The highest BCUT2D eigenvalue weighted by Crippen LogP contribution is 2.25. The summed E-state index contributed by atoms with van der Waals surface area (Å²) in [5.74, 6) is 2.74. The fourth-order valence-corrected chi connectivity index (χ4v) is 3.33. The second kappa shape index (κ2) is 7.85. The predicted molar refractivity (Wildman–Crippen MR) is 105 cm³/mol. The molecule has 1 aliphatic rings. The lowest BCUT2D eigenvalue weighted by Gasteiger charge is -2.33. The van der Waals surface area contributed by atoms with E-state index in [9.17, 15) is 0 Å². The summed E-state index contributed by atoms with van der Waals surface area (Å²) < 4.78 is 0. The van der Waals surface area contributed by atoms with Crippen molar-refractivity contribution in [1.29, 1.82) is 0 Å². The van der Waals surface area contributed by atoms with Gasteiger partial charge in [0.1, 0.15) is 5.82 Å². The van der Waals surface area contributed by atoms with Crippen LogP contribution in [-0.2, 0) is 6.54 Å². The van der Waals surface area contributed by atoms with Gasteiger partial charge in [0, 0.05) is 37.4 Å².